The maximum atomic E-state index is 11.7. The van der Waals surface area contributed by atoms with Crippen LogP contribution >= 0.6 is 0 Å². The average molecular weight is 410 g/mol. The molecule has 166 valence electrons. The van der Waals surface area contributed by atoms with Crippen molar-refractivity contribution in [1.29, 1.82) is 0 Å². The van der Waals surface area contributed by atoms with E-state index in [0.29, 0.717) is 24.5 Å². The first-order chi connectivity index (χ1) is 13.6. The number of rotatable bonds is 3. The Labute approximate surface area is 176 Å². The van der Waals surface area contributed by atoms with Gasteiger partial charge in [-0.05, 0) is 58.6 Å². The van der Waals surface area contributed by atoms with Gasteiger partial charge in [-0.1, -0.05) is 44.4 Å². The first kappa shape index (κ1) is 26.9. The number of ether oxygens (including phenoxy) is 2. The van der Waals surface area contributed by atoms with Crippen LogP contribution in [0.25, 0.3) is 0 Å². The molecule has 0 bridgehead atoms. The highest BCUT2D eigenvalue weighted by Crippen LogP contribution is 2.23. The van der Waals surface area contributed by atoms with Crippen molar-refractivity contribution in [3.8, 4) is 5.75 Å². The summed E-state index contributed by atoms with van der Waals surface area (Å²) in [4.78, 5) is 22.1. The molecule has 6 heteroatoms. The largest absolute Gasteiger partial charge is 0.508 e. The zero-order valence-electron chi connectivity index (χ0n) is 18.8. The SMILES string of the molecule is CCC1CCC[C@H](NC=O)C(=O)OC(C)C1.COC(C)(C)C.Oc1ccccc1. The molecule has 1 heterocycles. The summed E-state index contributed by atoms with van der Waals surface area (Å²) in [5.74, 6) is 0.650. The van der Waals surface area contributed by atoms with E-state index in [2.05, 4.69) is 12.2 Å². The van der Waals surface area contributed by atoms with E-state index >= 15 is 0 Å². The number of benzene rings is 1. The maximum Gasteiger partial charge on any atom is 0.328 e. The Balaban J connectivity index is 0.000000495. The Morgan fingerprint density at radius 3 is 2.24 bits per heavy atom. The van der Waals surface area contributed by atoms with Crippen molar-refractivity contribution >= 4 is 12.4 Å². The van der Waals surface area contributed by atoms with Gasteiger partial charge in [0, 0.05) is 7.11 Å². The van der Waals surface area contributed by atoms with Crippen LogP contribution in [0.3, 0.4) is 0 Å². The predicted octanol–water partition coefficient (Wildman–Crippen LogP) is 4.46. The highest BCUT2D eigenvalue weighted by Gasteiger charge is 2.25. The molecule has 0 saturated carbocycles. The van der Waals surface area contributed by atoms with Gasteiger partial charge in [0.25, 0.3) is 0 Å². The number of hydrogen-bond acceptors (Lipinski definition) is 5. The average Bonchev–Trinajstić information content (AvgIpc) is 2.73. The van der Waals surface area contributed by atoms with Crippen LogP contribution in [-0.2, 0) is 19.1 Å². The first-order valence-corrected chi connectivity index (χ1v) is 10.3. The molecule has 2 rings (SSSR count). The van der Waals surface area contributed by atoms with Gasteiger partial charge in [-0.15, -0.1) is 0 Å². The topological polar surface area (TPSA) is 84.9 Å². The number of esters is 1. The third kappa shape index (κ3) is 14.6. The molecule has 0 spiro atoms. The van der Waals surface area contributed by atoms with Crippen molar-refractivity contribution in [1.82, 2.24) is 5.32 Å². The Kier molecular flexibility index (Phi) is 13.8. The number of amides is 1. The van der Waals surface area contributed by atoms with Gasteiger partial charge in [0.2, 0.25) is 6.41 Å². The molecule has 1 aliphatic rings. The van der Waals surface area contributed by atoms with Crippen LogP contribution in [0.15, 0.2) is 30.3 Å². The van der Waals surface area contributed by atoms with Crippen LogP contribution < -0.4 is 5.32 Å². The summed E-state index contributed by atoms with van der Waals surface area (Å²) in [6.07, 6.45) is 5.32. The number of carbonyl (C=O) groups excluding carboxylic acids is 2. The van der Waals surface area contributed by atoms with Gasteiger partial charge in [-0.3, -0.25) is 4.79 Å². The number of cyclic esters (lactones) is 1. The van der Waals surface area contributed by atoms with Crippen LogP contribution in [0.4, 0.5) is 0 Å². The van der Waals surface area contributed by atoms with Gasteiger partial charge < -0.3 is 19.9 Å². The monoisotopic (exact) mass is 409 g/mol. The molecule has 1 fully saturated rings. The van der Waals surface area contributed by atoms with E-state index in [-0.39, 0.29) is 17.7 Å². The fourth-order valence-electron chi connectivity index (χ4n) is 2.68. The summed E-state index contributed by atoms with van der Waals surface area (Å²) >= 11 is 0. The Morgan fingerprint density at radius 2 is 1.83 bits per heavy atom. The zero-order chi connectivity index (χ0) is 22.3. The Morgan fingerprint density at radius 1 is 1.24 bits per heavy atom. The number of methoxy groups -OCH3 is 1. The number of nitrogens with one attached hydrogen (secondary N) is 1. The number of hydrogen-bond donors (Lipinski definition) is 2. The number of phenols is 1. The molecule has 0 radical (unpaired) electrons. The summed E-state index contributed by atoms with van der Waals surface area (Å²) in [5.41, 5.74) is 0.0417. The van der Waals surface area contributed by atoms with E-state index < -0.39 is 6.04 Å². The van der Waals surface area contributed by atoms with Crippen LogP contribution in [0.1, 0.15) is 66.7 Å². The lowest BCUT2D eigenvalue weighted by Crippen LogP contribution is -2.38. The van der Waals surface area contributed by atoms with Crippen molar-refractivity contribution in [2.45, 2.75) is 84.5 Å². The quantitative estimate of drug-likeness (QED) is 0.569. The molecule has 1 aromatic carbocycles. The lowest BCUT2D eigenvalue weighted by molar-refractivity contribution is -0.152. The molecule has 6 nitrogen and oxygen atoms in total. The third-order valence-electron chi connectivity index (χ3n) is 4.59. The first-order valence-electron chi connectivity index (χ1n) is 10.3. The lowest BCUT2D eigenvalue weighted by Gasteiger charge is -2.18. The molecule has 1 saturated heterocycles. The third-order valence-corrected chi connectivity index (χ3v) is 4.59. The molecule has 2 unspecified atom stereocenters. The Bertz CT molecular complexity index is 556. The van der Waals surface area contributed by atoms with Gasteiger partial charge in [0.15, 0.2) is 0 Å². The number of aromatic hydroxyl groups is 1. The minimum absolute atomic E-state index is 0.0417. The van der Waals surface area contributed by atoms with Gasteiger partial charge >= 0.3 is 5.97 Å². The smallest absolute Gasteiger partial charge is 0.328 e. The number of phenolic OH excluding ortho intramolecular Hbond substituents is 1. The van der Waals surface area contributed by atoms with E-state index in [1.807, 2.05) is 33.8 Å². The standard InChI is InChI=1S/C12H21NO3.C6H6O.C5H12O/c1-3-10-5-4-6-11(13-8-14)12(15)16-9(2)7-10;7-6-4-2-1-3-5-6;1-5(2,3)6-4/h8-11H,3-7H2,1-2H3,(H,13,14);1-5,7H;1-4H3/t9?,10?,11-;;/m0../s1. The van der Waals surface area contributed by atoms with E-state index in [0.717, 1.165) is 25.7 Å². The number of carbonyl (C=O) groups is 2. The van der Waals surface area contributed by atoms with Crippen molar-refractivity contribution in [2.75, 3.05) is 7.11 Å². The van der Waals surface area contributed by atoms with Gasteiger partial charge in [0.05, 0.1) is 11.7 Å². The van der Waals surface area contributed by atoms with Gasteiger partial charge in [-0.25, -0.2) is 4.79 Å². The zero-order valence-corrected chi connectivity index (χ0v) is 18.8. The van der Waals surface area contributed by atoms with Crippen LogP contribution in [0.5, 0.6) is 5.75 Å². The van der Waals surface area contributed by atoms with E-state index in [1.165, 1.54) is 0 Å². The van der Waals surface area contributed by atoms with Crippen molar-refractivity contribution in [3.63, 3.8) is 0 Å². The molecule has 1 amide bonds. The van der Waals surface area contributed by atoms with Crippen molar-refractivity contribution in [2.24, 2.45) is 5.92 Å². The van der Waals surface area contributed by atoms with Crippen molar-refractivity contribution < 1.29 is 24.2 Å². The van der Waals surface area contributed by atoms with Gasteiger partial charge in [0.1, 0.15) is 11.8 Å². The highest BCUT2D eigenvalue weighted by molar-refractivity contribution is 5.78. The molecule has 29 heavy (non-hydrogen) atoms. The van der Waals surface area contributed by atoms with E-state index in [4.69, 9.17) is 14.6 Å². The fourth-order valence-corrected chi connectivity index (χ4v) is 2.68. The molecular formula is C23H39NO5. The number of para-hydroxylation sites is 1. The normalized spacial score (nSPS) is 22.1. The summed E-state index contributed by atoms with van der Waals surface area (Å²) in [6, 6.07) is 8.25. The minimum Gasteiger partial charge on any atom is -0.508 e. The fraction of sp³-hybridized carbons (Fsp3) is 0.652. The summed E-state index contributed by atoms with van der Waals surface area (Å²) < 4.78 is 10.2. The van der Waals surface area contributed by atoms with Crippen LogP contribution in [0.2, 0.25) is 0 Å². The molecule has 2 N–H and O–H groups in total. The second-order valence-electron chi connectivity index (χ2n) is 8.18. The van der Waals surface area contributed by atoms with E-state index in [1.54, 1.807) is 31.4 Å². The lowest BCUT2D eigenvalue weighted by atomic mass is 9.93. The molecule has 1 aliphatic heterocycles. The van der Waals surface area contributed by atoms with Crippen molar-refractivity contribution in [3.05, 3.63) is 30.3 Å². The second kappa shape index (κ2) is 14.9. The molecular weight excluding hydrogens is 370 g/mol. The summed E-state index contributed by atoms with van der Waals surface area (Å²) in [6.45, 7) is 10.1. The highest BCUT2D eigenvalue weighted by atomic mass is 16.5. The summed E-state index contributed by atoms with van der Waals surface area (Å²) in [7, 11) is 1.71. The van der Waals surface area contributed by atoms with Crippen LogP contribution in [-0.4, -0.2) is 42.3 Å². The predicted molar refractivity (Wildman–Crippen MR) is 116 cm³/mol. The Hall–Kier alpha value is -2.08. The molecule has 0 aromatic heterocycles. The maximum absolute atomic E-state index is 11.7. The summed E-state index contributed by atoms with van der Waals surface area (Å²) in [5, 5.41) is 11.2. The molecule has 0 aliphatic carbocycles. The van der Waals surface area contributed by atoms with Crippen LogP contribution in [0, 0.1) is 5.92 Å². The van der Waals surface area contributed by atoms with Gasteiger partial charge in [-0.2, -0.15) is 0 Å². The second-order valence-corrected chi connectivity index (χ2v) is 8.18. The molecule has 3 atom stereocenters. The minimum atomic E-state index is -0.462. The van der Waals surface area contributed by atoms with E-state index in [9.17, 15) is 9.59 Å². The molecule has 1 aromatic rings.